The summed E-state index contributed by atoms with van der Waals surface area (Å²) in [5.74, 6) is 3.58. The smallest absolute Gasteiger partial charge is 0.203 e. The molecule has 0 saturated carbocycles. The van der Waals surface area contributed by atoms with Gasteiger partial charge in [0, 0.05) is 12.1 Å². The minimum atomic E-state index is 0.569. The van der Waals surface area contributed by atoms with Crippen molar-refractivity contribution in [2.24, 2.45) is 0 Å². The molecule has 4 aromatic rings. The number of hydrogen-bond acceptors (Lipinski definition) is 5. The zero-order chi connectivity index (χ0) is 24.1. The number of unbranched alkanes of at least 4 members (excludes halogenated alkanes) is 1. The van der Waals surface area contributed by atoms with Gasteiger partial charge < -0.3 is 23.5 Å². The number of benzene rings is 3. The Morgan fingerprint density at radius 3 is 2.21 bits per heavy atom. The summed E-state index contributed by atoms with van der Waals surface area (Å²) in [6.07, 6.45) is 1.90. The van der Waals surface area contributed by atoms with Gasteiger partial charge in [0.1, 0.15) is 11.6 Å². The van der Waals surface area contributed by atoms with Gasteiger partial charge >= 0.3 is 0 Å². The average Bonchev–Trinajstić information content (AvgIpc) is 3.23. The molecular formula is C28H32N2O4. The van der Waals surface area contributed by atoms with Crippen LogP contribution in [0.3, 0.4) is 0 Å². The van der Waals surface area contributed by atoms with Crippen LogP contribution in [0, 0.1) is 13.8 Å². The summed E-state index contributed by atoms with van der Waals surface area (Å²) in [6, 6.07) is 18.3. The van der Waals surface area contributed by atoms with E-state index in [1.165, 1.54) is 11.1 Å². The molecule has 0 spiro atoms. The van der Waals surface area contributed by atoms with Gasteiger partial charge in [0.25, 0.3) is 0 Å². The summed E-state index contributed by atoms with van der Waals surface area (Å²) >= 11 is 0. The molecular weight excluding hydrogens is 428 g/mol. The monoisotopic (exact) mass is 460 g/mol. The second kappa shape index (κ2) is 10.5. The number of imidazole rings is 1. The number of ether oxygens (including phenoxy) is 4. The lowest BCUT2D eigenvalue weighted by atomic mass is 10.1. The summed E-state index contributed by atoms with van der Waals surface area (Å²) in [5, 5.41) is 0. The van der Waals surface area contributed by atoms with E-state index in [0.29, 0.717) is 23.9 Å². The Balaban J connectivity index is 1.55. The van der Waals surface area contributed by atoms with Crippen molar-refractivity contribution in [2.45, 2.75) is 33.2 Å². The van der Waals surface area contributed by atoms with Gasteiger partial charge in [0.05, 0.1) is 39.0 Å². The molecule has 0 saturated heterocycles. The van der Waals surface area contributed by atoms with E-state index in [0.717, 1.165) is 47.6 Å². The third-order valence-corrected chi connectivity index (χ3v) is 6.10. The van der Waals surface area contributed by atoms with Crippen LogP contribution in [0.5, 0.6) is 23.0 Å². The lowest BCUT2D eigenvalue weighted by Gasteiger charge is -2.15. The molecule has 0 atom stereocenters. The van der Waals surface area contributed by atoms with Gasteiger partial charge in [0.15, 0.2) is 11.5 Å². The number of aryl methyl sites for hydroxylation is 3. The fourth-order valence-electron chi connectivity index (χ4n) is 4.10. The highest BCUT2D eigenvalue weighted by Gasteiger charge is 2.18. The molecule has 0 aliphatic carbocycles. The molecule has 0 bridgehead atoms. The predicted octanol–water partition coefficient (Wildman–Crippen LogP) is 6.21. The van der Waals surface area contributed by atoms with E-state index in [2.05, 4.69) is 36.6 Å². The Morgan fingerprint density at radius 2 is 1.53 bits per heavy atom. The van der Waals surface area contributed by atoms with E-state index >= 15 is 0 Å². The maximum absolute atomic E-state index is 5.98. The normalized spacial score (nSPS) is 11.0. The zero-order valence-electron chi connectivity index (χ0n) is 20.6. The van der Waals surface area contributed by atoms with E-state index in [9.17, 15) is 0 Å². The molecule has 1 aromatic heterocycles. The highest BCUT2D eigenvalue weighted by atomic mass is 16.5. The minimum Gasteiger partial charge on any atom is -0.494 e. The first-order valence-corrected chi connectivity index (χ1v) is 11.5. The predicted molar refractivity (Wildman–Crippen MR) is 135 cm³/mol. The molecule has 0 N–H and O–H groups in total. The van der Waals surface area contributed by atoms with Crippen LogP contribution in [-0.2, 0) is 6.54 Å². The third-order valence-electron chi connectivity index (χ3n) is 6.10. The molecule has 6 heteroatoms. The number of hydrogen-bond donors (Lipinski definition) is 0. The lowest BCUT2D eigenvalue weighted by Crippen LogP contribution is -2.05. The lowest BCUT2D eigenvalue weighted by molar-refractivity contribution is 0.303. The average molecular weight is 461 g/mol. The molecule has 3 aromatic carbocycles. The first-order chi connectivity index (χ1) is 16.5. The first-order valence-electron chi connectivity index (χ1n) is 11.5. The van der Waals surface area contributed by atoms with Crippen LogP contribution in [0.15, 0.2) is 54.6 Å². The molecule has 178 valence electrons. The Bertz CT molecular complexity index is 1250. The highest BCUT2D eigenvalue weighted by Crippen LogP contribution is 2.41. The standard InChI is InChI=1S/C28H32N2O4/c1-19-12-13-22(16-20(19)2)34-15-9-8-14-30-24-11-7-6-10-23(24)29-28(30)21-17-25(31-3)27(33-5)26(18-21)32-4/h6-7,10-13,16-18H,8-9,14-15H2,1-5H3. The van der Waals surface area contributed by atoms with Gasteiger partial charge in [-0.15, -0.1) is 0 Å². The van der Waals surface area contributed by atoms with Crippen molar-refractivity contribution in [3.63, 3.8) is 0 Å². The van der Waals surface area contributed by atoms with Gasteiger partial charge in [0.2, 0.25) is 5.75 Å². The molecule has 0 fully saturated rings. The van der Waals surface area contributed by atoms with E-state index in [1.807, 2.05) is 36.4 Å². The number of rotatable bonds is 10. The number of methoxy groups -OCH3 is 3. The summed E-state index contributed by atoms with van der Waals surface area (Å²) in [6.45, 7) is 5.72. The summed E-state index contributed by atoms with van der Waals surface area (Å²) < 4.78 is 24.9. The molecule has 34 heavy (non-hydrogen) atoms. The Hall–Kier alpha value is -3.67. The maximum Gasteiger partial charge on any atom is 0.203 e. The van der Waals surface area contributed by atoms with Crippen molar-refractivity contribution in [3.05, 3.63) is 65.7 Å². The van der Waals surface area contributed by atoms with Crippen LogP contribution >= 0.6 is 0 Å². The second-order valence-electron chi connectivity index (χ2n) is 8.29. The molecule has 6 nitrogen and oxygen atoms in total. The van der Waals surface area contributed by atoms with Gasteiger partial charge in [-0.2, -0.15) is 0 Å². The summed E-state index contributed by atoms with van der Waals surface area (Å²) in [5.41, 5.74) is 5.49. The van der Waals surface area contributed by atoms with Crippen LogP contribution in [0.2, 0.25) is 0 Å². The van der Waals surface area contributed by atoms with E-state index in [4.69, 9.17) is 23.9 Å². The Morgan fingerprint density at radius 1 is 0.794 bits per heavy atom. The topological polar surface area (TPSA) is 54.7 Å². The molecule has 0 amide bonds. The van der Waals surface area contributed by atoms with Crippen molar-refractivity contribution in [2.75, 3.05) is 27.9 Å². The quantitative estimate of drug-likeness (QED) is 0.264. The van der Waals surface area contributed by atoms with Crippen molar-refractivity contribution < 1.29 is 18.9 Å². The zero-order valence-corrected chi connectivity index (χ0v) is 20.6. The van der Waals surface area contributed by atoms with Crippen molar-refractivity contribution in [1.29, 1.82) is 0 Å². The fourth-order valence-corrected chi connectivity index (χ4v) is 4.10. The fraction of sp³-hybridized carbons (Fsp3) is 0.321. The van der Waals surface area contributed by atoms with E-state index in [1.54, 1.807) is 21.3 Å². The second-order valence-corrected chi connectivity index (χ2v) is 8.29. The van der Waals surface area contributed by atoms with Gasteiger partial charge in [-0.3, -0.25) is 0 Å². The molecule has 0 unspecified atom stereocenters. The van der Waals surface area contributed by atoms with Crippen LogP contribution in [-0.4, -0.2) is 37.5 Å². The SMILES string of the molecule is COc1cc(-c2nc3ccccc3n2CCCCOc2ccc(C)c(C)c2)cc(OC)c1OC. The van der Waals surface area contributed by atoms with Gasteiger partial charge in [-0.25, -0.2) is 4.98 Å². The third kappa shape index (κ3) is 4.81. The molecule has 0 radical (unpaired) electrons. The first kappa shape index (κ1) is 23.5. The molecule has 0 aliphatic heterocycles. The number of nitrogens with zero attached hydrogens (tertiary/aromatic N) is 2. The number of aromatic nitrogens is 2. The van der Waals surface area contributed by atoms with E-state index < -0.39 is 0 Å². The van der Waals surface area contributed by atoms with Crippen LogP contribution in [0.1, 0.15) is 24.0 Å². The van der Waals surface area contributed by atoms with E-state index in [-0.39, 0.29) is 0 Å². The Kier molecular flexibility index (Phi) is 7.26. The van der Waals surface area contributed by atoms with Crippen molar-refractivity contribution in [1.82, 2.24) is 9.55 Å². The van der Waals surface area contributed by atoms with Crippen LogP contribution in [0.4, 0.5) is 0 Å². The molecule has 4 rings (SSSR count). The summed E-state index contributed by atoms with van der Waals surface area (Å²) in [7, 11) is 4.86. The van der Waals surface area contributed by atoms with Crippen molar-refractivity contribution in [3.8, 4) is 34.4 Å². The highest BCUT2D eigenvalue weighted by molar-refractivity contribution is 5.81. The molecule has 1 heterocycles. The maximum atomic E-state index is 5.98. The Labute approximate surface area is 201 Å². The van der Waals surface area contributed by atoms with Gasteiger partial charge in [-0.1, -0.05) is 18.2 Å². The molecule has 0 aliphatic rings. The van der Waals surface area contributed by atoms with Gasteiger partial charge in [-0.05, 0) is 74.2 Å². The largest absolute Gasteiger partial charge is 0.494 e. The van der Waals surface area contributed by atoms with Crippen LogP contribution in [0.25, 0.3) is 22.4 Å². The number of fused-ring (bicyclic) bond motifs is 1. The van der Waals surface area contributed by atoms with Crippen LogP contribution < -0.4 is 18.9 Å². The van der Waals surface area contributed by atoms with Crippen molar-refractivity contribution >= 4 is 11.0 Å². The summed E-state index contributed by atoms with van der Waals surface area (Å²) in [4.78, 5) is 4.93. The number of para-hydroxylation sites is 2. The minimum absolute atomic E-state index is 0.569.